The smallest absolute Gasteiger partial charge is 0.317 e. The van der Waals surface area contributed by atoms with Gasteiger partial charge in [-0.15, -0.1) is 10.2 Å². The van der Waals surface area contributed by atoms with Gasteiger partial charge in [-0.25, -0.2) is 4.79 Å². The van der Waals surface area contributed by atoms with Crippen molar-refractivity contribution in [1.29, 1.82) is 0 Å². The van der Waals surface area contributed by atoms with Gasteiger partial charge in [0.05, 0.1) is 6.04 Å². The van der Waals surface area contributed by atoms with Crippen LogP contribution in [0.3, 0.4) is 0 Å². The Balaban J connectivity index is 1.51. The summed E-state index contributed by atoms with van der Waals surface area (Å²) in [6.07, 6.45) is 6.84. The molecule has 1 saturated heterocycles. The summed E-state index contributed by atoms with van der Waals surface area (Å²) in [5.41, 5.74) is 1.12. The molecule has 128 valence electrons. The summed E-state index contributed by atoms with van der Waals surface area (Å²) in [6, 6.07) is 4.13. The third-order valence-corrected chi connectivity index (χ3v) is 5.92. The number of pyridine rings is 1. The molecule has 0 radical (unpaired) electrons. The van der Waals surface area contributed by atoms with E-state index < -0.39 is 0 Å². The normalized spacial score (nSPS) is 17.7. The van der Waals surface area contributed by atoms with Gasteiger partial charge in [0.15, 0.2) is 4.34 Å². The van der Waals surface area contributed by atoms with Gasteiger partial charge in [-0.1, -0.05) is 29.2 Å². The van der Waals surface area contributed by atoms with Gasteiger partial charge in [-0.05, 0) is 37.8 Å². The maximum absolute atomic E-state index is 12.6. The van der Waals surface area contributed by atoms with E-state index in [0.717, 1.165) is 46.5 Å². The van der Waals surface area contributed by atoms with Crippen LogP contribution < -0.4 is 5.32 Å². The summed E-state index contributed by atoms with van der Waals surface area (Å²) < 4.78 is 0.952. The molecule has 0 spiro atoms. The van der Waals surface area contributed by atoms with E-state index in [4.69, 9.17) is 0 Å². The van der Waals surface area contributed by atoms with Gasteiger partial charge in [0.25, 0.3) is 0 Å². The lowest BCUT2D eigenvalue weighted by Gasteiger charge is -2.35. The van der Waals surface area contributed by atoms with Crippen LogP contribution >= 0.6 is 23.1 Å². The highest BCUT2D eigenvalue weighted by molar-refractivity contribution is 8.01. The lowest BCUT2D eigenvalue weighted by Crippen LogP contribution is -2.45. The molecule has 2 amide bonds. The van der Waals surface area contributed by atoms with Crippen LogP contribution in [-0.2, 0) is 0 Å². The number of carbonyl (C=O) groups excluding carboxylic acids is 1. The minimum atomic E-state index is 0.0117. The number of piperidine rings is 1. The average molecular weight is 364 g/mol. The zero-order valence-electron chi connectivity index (χ0n) is 13.6. The van der Waals surface area contributed by atoms with Crippen molar-refractivity contribution in [3.05, 3.63) is 35.1 Å². The van der Waals surface area contributed by atoms with E-state index in [1.807, 2.05) is 24.1 Å². The summed E-state index contributed by atoms with van der Waals surface area (Å²) in [5.74, 6) is 0.797. The second-order valence-electron chi connectivity index (χ2n) is 5.66. The van der Waals surface area contributed by atoms with E-state index in [-0.39, 0.29) is 12.1 Å². The average Bonchev–Trinajstić information content (AvgIpc) is 3.04. The van der Waals surface area contributed by atoms with Gasteiger partial charge < -0.3 is 10.2 Å². The molecule has 1 aliphatic rings. The summed E-state index contributed by atoms with van der Waals surface area (Å²) in [5, 5.41) is 12.1. The Morgan fingerprint density at radius 1 is 1.46 bits per heavy atom. The molecule has 1 fully saturated rings. The number of hydrogen-bond acceptors (Lipinski definition) is 6. The fourth-order valence-corrected chi connectivity index (χ4v) is 4.57. The zero-order chi connectivity index (χ0) is 16.8. The van der Waals surface area contributed by atoms with Crippen LogP contribution in [0.1, 0.15) is 35.9 Å². The first-order chi connectivity index (χ1) is 11.7. The Bertz CT molecular complexity index is 663. The predicted molar refractivity (Wildman–Crippen MR) is 96.3 cm³/mol. The van der Waals surface area contributed by atoms with E-state index in [1.54, 1.807) is 29.3 Å². The molecule has 0 saturated carbocycles. The van der Waals surface area contributed by atoms with Gasteiger partial charge in [-0.2, -0.15) is 0 Å². The monoisotopic (exact) mass is 363 g/mol. The van der Waals surface area contributed by atoms with Gasteiger partial charge in [-0.3, -0.25) is 4.98 Å². The van der Waals surface area contributed by atoms with Crippen LogP contribution in [0.5, 0.6) is 0 Å². The minimum absolute atomic E-state index is 0.0117. The number of carbonyl (C=O) groups is 1. The van der Waals surface area contributed by atoms with Crippen molar-refractivity contribution in [1.82, 2.24) is 25.4 Å². The van der Waals surface area contributed by atoms with Crippen LogP contribution in [0, 0.1) is 6.92 Å². The number of rotatable bonds is 5. The Labute approximate surface area is 150 Å². The topological polar surface area (TPSA) is 71.0 Å². The molecule has 24 heavy (non-hydrogen) atoms. The molecular weight excluding hydrogens is 342 g/mol. The summed E-state index contributed by atoms with van der Waals surface area (Å²) in [4.78, 5) is 18.7. The van der Waals surface area contributed by atoms with Crippen LogP contribution in [0.15, 0.2) is 28.9 Å². The van der Waals surface area contributed by atoms with Gasteiger partial charge >= 0.3 is 6.03 Å². The molecule has 6 nitrogen and oxygen atoms in total. The third kappa shape index (κ3) is 4.45. The van der Waals surface area contributed by atoms with Gasteiger partial charge in [0, 0.05) is 31.2 Å². The van der Waals surface area contributed by atoms with Gasteiger partial charge in [0.2, 0.25) is 0 Å². The number of nitrogens with zero attached hydrogens (tertiary/aromatic N) is 4. The number of aryl methyl sites for hydroxylation is 1. The highest BCUT2D eigenvalue weighted by Crippen LogP contribution is 2.30. The van der Waals surface area contributed by atoms with E-state index in [9.17, 15) is 4.79 Å². The summed E-state index contributed by atoms with van der Waals surface area (Å²) in [6.45, 7) is 3.37. The standard InChI is InChI=1S/C16H21N5OS2/c1-12-19-20-16(24-12)23-10-8-18-15(22)21-9-3-2-6-14(21)13-5-4-7-17-11-13/h4-5,7,11,14H,2-3,6,8-10H2,1H3,(H,18,22)/t14-/m1/s1. The maximum Gasteiger partial charge on any atom is 0.317 e. The van der Waals surface area contributed by atoms with Crippen molar-refractivity contribution in [3.8, 4) is 0 Å². The largest absolute Gasteiger partial charge is 0.337 e. The van der Waals surface area contributed by atoms with Crippen LogP contribution in [0.2, 0.25) is 0 Å². The van der Waals surface area contributed by atoms with Crippen molar-refractivity contribution in [2.24, 2.45) is 0 Å². The lowest BCUT2D eigenvalue weighted by molar-refractivity contribution is 0.152. The number of hydrogen-bond donors (Lipinski definition) is 1. The SMILES string of the molecule is Cc1nnc(SCCNC(=O)N2CCCC[C@@H]2c2cccnc2)s1. The van der Waals surface area contributed by atoms with E-state index in [1.165, 1.54) is 0 Å². The highest BCUT2D eigenvalue weighted by atomic mass is 32.2. The van der Waals surface area contributed by atoms with Crippen LogP contribution in [-0.4, -0.2) is 45.0 Å². The Hall–Kier alpha value is -1.67. The summed E-state index contributed by atoms with van der Waals surface area (Å²) in [7, 11) is 0. The van der Waals surface area contributed by atoms with Crippen molar-refractivity contribution in [2.45, 2.75) is 36.6 Å². The molecule has 8 heteroatoms. The molecule has 0 aromatic carbocycles. The molecule has 2 aromatic rings. The molecule has 0 unspecified atom stereocenters. The van der Waals surface area contributed by atoms with Crippen molar-refractivity contribution in [2.75, 3.05) is 18.8 Å². The fourth-order valence-electron chi connectivity index (χ4n) is 2.83. The quantitative estimate of drug-likeness (QED) is 0.652. The number of urea groups is 1. The first kappa shape index (κ1) is 17.2. The molecule has 3 heterocycles. The maximum atomic E-state index is 12.6. The Morgan fingerprint density at radius 2 is 2.38 bits per heavy atom. The van der Waals surface area contributed by atoms with Crippen molar-refractivity contribution >= 4 is 29.1 Å². The number of thioether (sulfide) groups is 1. The van der Waals surface area contributed by atoms with Crippen molar-refractivity contribution in [3.63, 3.8) is 0 Å². The Morgan fingerprint density at radius 3 is 3.12 bits per heavy atom. The first-order valence-electron chi connectivity index (χ1n) is 8.11. The van der Waals surface area contributed by atoms with E-state index in [0.29, 0.717) is 6.54 Å². The third-order valence-electron chi connectivity index (χ3n) is 3.94. The second-order valence-corrected chi connectivity index (χ2v) is 8.18. The fraction of sp³-hybridized carbons (Fsp3) is 0.500. The molecule has 1 aliphatic heterocycles. The van der Waals surface area contributed by atoms with E-state index >= 15 is 0 Å². The number of amides is 2. The van der Waals surface area contributed by atoms with Crippen LogP contribution in [0.4, 0.5) is 4.79 Å². The predicted octanol–water partition coefficient (Wildman–Crippen LogP) is 3.27. The molecule has 0 aliphatic carbocycles. The minimum Gasteiger partial charge on any atom is -0.337 e. The highest BCUT2D eigenvalue weighted by Gasteiger charge is 2.27. The van der Waals surface area contributed by atoms with E-state index in [2.05, 4.69) is 26.6 Å². The molecule has 1 N–H and O–H groups in total. The molecule has 3 rings (SSSR count). The van der Waals surface area contributed by atoms with Gasteiger partial charge in [0.1, 0.15) is 5.01 Å². The molecular formula is C16H21N5OS2. The Kier molecular flexibility index (Phi) is 6.03. The number of likely N-dealkylation sites (tertiary alicyclic amines) is 1. The number of nitrogens with one attached hydrogen (secondary N) is 1. The second kappa shape index (κ2) is 8.43. The van der Waals surface area contributed by atoms with Crippen molar-refractivity contribution < 1.29 is 4.79 Å². The number of aromatic nitrogens is 3. The molecule has 0 bridgehead atoms. The zero-order valence-corrected chi connectivity index (χ0v) is 15.3. The van der Waals surface area contributed by atoms with Crippen LogP contribution in [0.25, 0.3) is 0 Å². The lowest BCUT2D eigenvalue weighted by atomic mass is 9.97. The first-order valence-corrected chi connectivity index (χ1v) is 9.91. The molecule has 2 aromatic heterocycles. The summed E-state index contributed by atoms with van der Waals surface area (Å²) >= 11 is 3.21. The molecule has 1 atom stereocenters.